The number of aromatic nitrogens is 3. The van der Waals surface area contributed by atoms with Crippen LogP contribution >= 0.6 is 12.2 Å². The van der Waals surface area contributed by atoms with Gasteiger partial charge >= 0.3 is 0 Å². The van der Waals surface area contributed by atoms with Gasteiger partial charge in [0, 0.05) is 29.5 Å². The van der Waals surface area contributed by atoms with E-state index in [-0.39, 0.29) is 12.1 Å². The topological polar surface area (TPSA) is 46.0 Å². The highest BCUT2D eigenvalue weighted by molar-refractivity contribution is 7.80. The zero-order valence-electron chi connectivity index (χ0n) is 19.1. The second kappa shape index (κ2) is 8.79. The summed E-state index contributed by atoms with van der Waals surface area (Å²) in [5.74, 6) is 0. The highest BCUT2D eigenvalue weighted by Gasteiger charge is 2.41. The van der Waals surface area contributed by atoms with Gasteiger partial charge in [0.1, 0.15) is 0 Å². The summed E-state index contributed by atoms with van der Waals surface area (Å²) in [6, 6.07) is 22.8. The van der Waals surface area contributed by atoms with Crippen molar-refractivity contribution in [1.29, 1.82) is 0 Å². The largest absolute Gasteiger partial charge is 0.352 e. The van der Waals surface area contributed by atoms with Crippen molar-refractivity contribution in [3.8, 4) is 5.69 Å². The van der Waals surface area contributed by atoms with Crippen LogP contribution in [0.4, 0.5) is 0 Å². The van der Waals surface area contributed by atoms with E-state index < -0.39 is 0 Å². The van der Waals surface area contributed by atoms with Crippen LogP contribution in [0, 0.1) is 20.8 Å². The van der Waals surface area contributed by atoms with Crippen LogP contribution in [0.2, 0.25) is 0 Å². The van der Waals surface area contributed by atoms with Gasteiger partial charge in [0.25, 0.3) is 0 Å². The van der Waals surface area contributed by atoms with E-state index in [1.807, 2.05) is 42.7 Å². The normalized spacial score (nSPS) is 17.9. The summed E-state index contributed by atoms with van der Waals surface area (Å²) in [6.07, 6.45) is 3.67. The molecule has 0 spiro atoms. The molecule has 1 aliphatic rings. The van der Waals surface area contributed by atoms with Gasteiger partial charge in [-0.2, -0.15) is 0 Å². The molecule has 0 bridgehead atoms. The molecule has 1 saturated heterocycles. The summed E-state index contributed by atoms with van der Waals surface area (Å²) in [5, 5.41) is 4.28. The SMILES string of the molecule is Cc1ccccc1-n1c(C)cc([C@H]2[C@H](c3ccccn3)NC(=S)N2Cc2ccccn2)c1C. The third-order valence-electron chi connectivity index (χ3n) is 6.40. The maximum atomic E-state index is 5.84. The monoisotopic (exact) mass is 453 g/mol. The van der Waals surface area contributed by atoms with Gasteiger partial charge in [-0.25, -0.2) is 0 Å². The molecule has 5 rings (SSSR count). The Morgan fingerprint density at radius 1 is 0.909 bits per heavy atom. The van der Waals surface area contributed by atoms with E-state index in [1.165, 1.54) is 28.2 Å². The Labute approximate surface area is 200 Å². The van der Waals surface area contributed by atoms with E-state index >= 15 is 0 Å². The van der Waals surface area contributed by atoms with E-state index in [9.17, 15) is 0 Å². The lowest BCUT2D eigenvalue weighted by Crippen LogP contribution is -2.29. The molecule has 1 aromatic carbocycles. The van der Waals surface area contributed by atoms with E-state index in [1.54, 1.807) is 0 Å². The third kappa shape index (κ3) is 3.91. The number of para-hydroxylation sites is 1. The first-order chi connectivity index (χ1) is 16.0. The lowest BCUT2D eigenvalue weighted by atomic mass is 9.96. The number of pyridine rings is 2. The fourth-order valence-corrected chi connectivity index (χ4v) is 5.16. The average molecular weight is 454 g/mol. The molecule has 166 valence electrons. The standard InChI is InChI=1S/C27H27N5S/c1-18-10-4-5-13-24(18)32-19(2)16-22(20(32)3)26-25(23-12-7-9-15-29-23)30-27(33)31(26)17-21-11-6-8-14-28-21/h4-16,25-26H,17H2,1-3H3,(H,30,33)/t25-,26-/m0/s1. The number of hydrogen-bond donors (Lipinski definition) is 1. The van der Waals surface area contributed by atoms with E-state index in [4.69, 9.17) is 12.2 Å². The van der Waals surface area contributed by atoms with Crippen molar-refractivity contribution < 1.29 is 0 Å². The fraction of sp³-hybridized carbons (Fsp3) is 0.222. The van der Waals surface area contributed by atoms with Crippen LogP contribution in [0.15, 0.2) is 79.1 Å². The van der Waals surface area contributed by atoms with Crippen molar-refractivity contribution in [1.82, 2.24) is 24.8 Å². The maximum absolute atomic E-state index is 5.84. The first-order valence-corrected chi connectivity index (χ1v) is 11.6. The quantitative estimate of drug-likeness (QED) is 0.412. The van der Waals surface area contributed by atoms with Crippen molar-refractivity contribution in [3.05, 3.63) is 113 Å². The van der Waals surface area contributed by atoms with E-state index in [0.717, 1.165) is 16.5 Å². The van der Waals surface area contributed by atoms with Crippen molar-refractivity contribution in [3.63, 3.8) is 0 Å². The smallest absolute Gasteiger partial charge is 0.170 e. The fourth-order valence-electron chi connectivity index (χ4n) is 4.85. The number of aryl methyl sites for hydroxylation is 2. The molecule has 0 radical (unpaired) electrons. The van der Waals surface area contributed by atoms with Gasteiger partial charge in [-0.05, 0) is 80.5 Å². The molecule has 1 aliphatic heterocycles. The molecule has 6 heteroatoms. The number of nitrogens with zero attached hydrogens (tertiary/aromatic N) is 4. The van der Waals surface area contributed by atoms with Gasteiger partial charge in [0.2, 0.25) is 0 Å². The molecule has 1 fully saturated rings. The van der Waals surface area contributed by atoms with Crippen LogP contribution in [0.5, 0.6) is 0 Å². The van der Waals surface area contributed by atoms with E-state index in [2.05, 4.69) is 81.9 Å². The summed E-state index contributed by atoms with van der Waals surface area (Å²) in [7, 11) is 0. The van der Waals surface area contributed by atoms with Gasteiger partial charge in [0.05, 0.1) is 30.0 Å². The second-order valence-electron chi connectivity index (χ2n) is 8.52. The molecule has 4 heterocycles. The molecule has 0 aliphatic carbocycles. The number of benzene rings is 1. The lowest BCUT2D eigenvalue weighted by Gasteiger charge is -2.28. The molecule has 1 N–H and O–H groups in total. The second-order valence-corrected chi connectivity index (χ2v) is 8.91. The predicted octanol–water partition coefficient (Wildman–Crippen LogP) is 5.37. The summed E-state index contributed by atoms with van der Waals surface area (Å²) in [6.45, 7) is 7.16. The molecular weight excluding hydrogens is 426 g/mol. The molecule has 0 amide bonds. The Balaban J connectivity index is 1.63. The zero-order valence-corrected chi connectivity index (χ0v) is 19.9. The van der Waals surface area contributed by atoms with Crippen molar-refractivity contribution in [2.45, 2.75) is 39.4 Å². The third-order valence-corrected chi connectivity index (χ3v) is 6.75. The van der Waals surface area contributed by atoms with Crippen LogP contribution in [0.1, 0.15) is 46.0 Å². The van der Waals surface area contributed by atoms with Crippen LogP contribution in [-0.2, 0) is 6.54 Å². The molecule has 0 unspecified atom stereocenters. The average Bonchev–Trinajstić information content (AvgIpc) is 3.30. The Morgan fingerprint density at radius 3 is 2.33 bits per heavy atom. The summed E-state index contributed by atoms with van der Waals surface area (Å²) in [5.41, 5.74) is 8.08. The first-order valence-electron chi connectivity index (χ1n) is 11.2. The van der Waals surface area contributed by atoms with Gasteiger partial charge in [-0.1, -0.05) is 30.3 Å². The highest BCUT2D eigenvalue weighted by atomic mass is 32.1. The molecular formula is C27H27N5S. The van der Waals surface area contributed by atoms with Crippen molar-refractivity contribution >= 4 is 17.3 Å². The summed E-state index contributed by atoms with van der Waals surface area (Å²) < 4.78 is 2.35. The van der Waals surface area contributed by atoms with Crippen LogP contribution in [0.3, 0.4) is 0 Å². The number of hydrogen-bond acceptors (Lipinski definition) is 3. The van der Waals surface area contributed by atoms with Gasteiger partial charge < -0.3 is 14.8 Å². The van der Waals surface area contributed by atoms with Gasteiger partial charge in [-0.15, -0.1) is 0 Å². The minimum Gasteiger partial charge on any atom is -0.352 e. The summed E-state index contributed by atoms with van der Waals surface area (Å²) >= 11 is 5.84. The zero-order chi connectivity index (χ0) is 22.9. The number of thiocarbonyl (C=S) groups is 1. The lowest BCUT2D eigenvalue weighted by molar-refractivity contribution is 0.307. The molecule has 3 aromatic heterocycles. The Hall–Kier alpha value is -3.51. The van der Waals surface area contributed by atoms with Gasteiger partial charge in [-0.3, -0.25) is 9.97 Å². The first kappa shape index (κ1) is 21.3. The predicted molar refractivity (Wildman–Crippen MR) is 135 cm³/mol. The minimum atomic E-state index is -0.0479. The Kier molecular flexibility index (Phi) is 5.68. The van der Waals surface area contributed by atoms with Crippen LogP contribution < -0.4 is 5.32 Å². The molecule has 5 nitrogen and oxygen atoms in total. The Bertz CT molecular complexity index is 1280. The number of nitrogens with one attached hydrogen (secondary N) is 1. The van der Waals surface area contributed by atoms with Crippen molar-refractivity contribution in [2.24, 2.45) is 0 Å². The molecule has 0 saturated carbocycles. The van der Waals surface area contributed by atoms with Gasteiger partial charge in [0.15, 0.2) is 5.11 Å². The highest BCUT2D eigenvalue weighted by Crippen LogP contribution is 2.42. The minimum absolute atomic E-state index is 0.00151. The van der Waals surface area contributed by atoms with Crippen LogP contribution in [0.25, 0.3) is 5.69 Å². The Morgan fingerprint density at radius 2 is 1.64 bits per heavy atom. The number of rotatable bonds is 5. The molecule has 2 atom stereocenters. The van der Waals surface area contributed by atoms with Crippen LogP contribution in [-0.4, -0.2) is 24.5 Å². The van der Waals surface area contributed by atoms with E-state index in [0.29, 0.717) is 6.54 Å². The summed E-state index contributed by atoms with van der Waals surface area (Å²) in [4.78, 5) is 11.5. The molecule has 33 heavy (non-hydrogen) atoms. The molecule has 4 aromatic rings. The maximum Gasteiger partial charge on any atom is 0.170 e. The van der Waals surface area contributed by atoms with Crippen molar-refractivity contribution in [2.75, 3.05) is 0 Å².